The van der Waals surface area contributed by atoms with E-state index >= 15 is 0 Å². The fourth-order valence-corrected chi connectivity index (χ4v) is 3.03. The van der Waals surface area contributed by atoms with Crippen molar-refractivity contribution in [2.45, 2.75) is 33.7 Å². The summed E-state index contributed by atoms with van der Waals surface area (Å²) in [5.41, 5.74) is 5.65. The van der Waals surface area contributed by atoms with Crippen molar-refractivity contribution in [2.24, 2.45) is 0 Å². The molecule has 29 heavy (non-hydrogen) atoms. The van der Waals surface area contributed by atoms with Crippen LogP contribution in [-0.2, 0) is 13.0 Å². The Morgan fingerprint density at radius 2 is 1.90 bits per heavy atom. The molecule has 0 atom stereocenters. The van der Waals surface area contributed by atoms with Gasteiger partial charge in [-0.2, -0.15) is 0 Å². The van der Waals surface area contributed by atoms with Crippen molar-refractivity contribution in [2.75, 3.05) is 5.32 Å². The van der Waals surface area contributed by atoms with Crippen LogP contribution in [0.4, 0.5) is 5.95 Å². The molecule has 8 nitrogen and oxygen atoms in total. The van der Waals surface area contributed by atoms with Crippen LogP contribution in [0.2, 0.25) is 0 Å². The number of aromatic nitrogens is 6. The maximum Gasteiger partial charge on any atom is 0.223 e. The Kier molecular flexibility index (Phi) is 5.24. The highest BCUT2D eigenvalue weighted by molar-refractivity contribution is 5.78. The predicted molar refractivity (Wildman–Crippen MR) is 109 cm³/mol. The van der Waals surface area contributed by atoms with Gasteiger partial charge in [-0.05, 0) is 32.4 Å². The number of hydrogen-bond acceptors (Lipinski definition) is 8. The van der Waals surface area contributed by atoms with E-state index in [0.29, 0.717) is 29.6 Å². The Hall–Kier alpha value is -3.68. The fraction of sp³-hybridized carbons (Fsp3) is 0.238. The molecule has 4 aromatic heterocycles. The summed E-state index contributed by atoms with van der Waals surface area (Å²) >= 11 is 0. The van der Waals surface area contributed by atoms with Gasteiger partial charge in [-0.15, -0.1) is 0 Å². The summed E-state index contributed by atoms with van der Waals surface area (Å²) in [4.78, 5) is 22.4. The molecule has 8 heteroatoms. The molecular formula is C21H21N7O. The van der Waals surface area contributed by atoms with Gasteiger partial charge in [0.05, 0.1) is 35.4 Å². The van der Waals surface area contributed by atoms with Gasteiger partial charge in [-0.25, -0.2) is 9.97 Å². The lowest BCUT2D eigenvalue weighted by Crippen LogP contribution is -2.06. The van der Waals surface area contributed by atoms with Crippen LogP contribution in [0.3, 0.4) is 0 Å². The zero-order chi connectivity index (χ0) is 20.2. The van der Waals surface area contributed by atoms with Crippen LogP contribution in [0.1, 0.15) is 29.6 Å². The first-order valence-corrected chi connectivity index (χ1v) is 9.41. The second kappa shape index (κ2) is 8.14. The summed E-state index contributed by atoms with van der Waals surface area (Å²) in [6, 6.07) is 5.77. The van der Waals surface area contributed by atoms with Crippen molar-refractivity contribution in [1.29, 1.82) is 0 Å². The van der Waals surface area contributed by atoms with Gasteiger partial charge in [0.15, 0.2) is 5.76 Å². The second-order valence-electron chi connectivity index (χ2n) is 6.60. The summed E-state index contributed by atoms with van der Waals surface area (Å²) in [6.07, 6.45) is 7.72. The molecule has 0 bridgehead atoms. The van der Waals surface area contributed by atoms with E-state index in [1.807, 2.05) is 32.0 Å². The highest BCUT2D eigenvalue weighted by Crippen LogP contribution is 2.33. The van der Waals surface area contributed by atoms with Gasteiger partial charge in [0.25, 0.3) is 0 Å². The monoisotopic (exact) mass is 387 g/mol. The molecule has 0 spiro atoms. The first kappa shape index (κ1) is 18.7. The van der Waals surface area contributed by atoms with E-state index in [4.69, 9.17) is 9.51 Å². The van der Waals surface area contributed by atoms with E-state index in [2.05, 4.69) is 37.3 Å². The molecule has 0 aliphatic carbocycles. The van der Waals surface area contributed by atoms with E-state index in [9.17, 15) is 0 Å². The van der Waals surface area contributed by atoms with E-state index in [0.717, 1.165) is 34.6 Å². The van der Waals surface area contributed by atoms with Gasteiger partial charge in [0.2, 0.25) is 5.95 Å². The van der Waals surface area contributed by atoms with E-state index in [1.54, 1.807) is 24.8 Å². The van der Waals surface area contributed by atoms with Crippen LogP contribution < -0.4 is 5.32 Å². The van der Waals surface area contributed by atoms with E-state index in [-0.39, 0.29) is 0 Å². The normalized spacial score (nSPS) is 10.9. The Bertz CT molecular complexity index is 1110. The van der Waals surface area contributed by atoms with Gasteiger partial charge >= 0.3 is 0 Å². The second-order valence-corrected chi connectivity index (χ2v) is 6.60. The van der Waals surface area contributed by atoms with Crippen molar-refractivity contribution in [3.8, 4) is 22.7 Å². The summed E-state index contributed by atoms with van der Waals surface area (Å²) in [7, 11) is 0. The third-order valence-corrected chi connectivity index (χ3v) is 4.55. The van der Waals surface area contributed by atoms with Gasteiger partial charge in [0.1, 0.15) is 11.4 Å². The largest absolute Gasteiger partial charge is 0.356 e. The van der Waals surface area contributed by atoms with Gasteiger partial charge in [0, 0.05) is 24.2 Å². The van der Waals surface area contributed by atoms with Crippen LogP contribution in [0, 0.1) is 13.8 Å². The number of anilines is 1. The van der Waals surface area contributed by atoms with Crippen molar-refractivity contribution in [1.82, 2.24) is 30.1 Å². The Balaban J connectivity index is 1.75. The fourth-order valence-electron chi connectivity index (χ4n) is 3.03. The van der Waals surface area contributed by atoms with Crippen molar-refractivity contribution in [3.05, 3.63) is 65.6 Å². The summed E-state index contributed by atoms with van der Waals surface area (Å²) < 4.78 is 5.62. The smallest absolute Gasteiger partial charge is 0.223 e. The molecule has 0 saturated heterocycles. The molecule has 0 fully saturated rings. The molecule has 0 radical (unpaired) electrons. The van der Waals surface area contributed by atoms with E-state index in [1.165, 1.54) is 0 Å². The number of hydrogen-bond donors (Lipinski definition) is 1. The van der Waals surface area contributed by atoms with Crippen molar-refractivity contribution >= 4 is 5.95 Å². The zero-order valence-electron chi connectivity index (χ0n) is 16.5. The Morgan fingerprint density at radius 1 is 1.00 bits per heavy atom. The Morgan fingerprint density at radius 3 is 2.62 bits per heavy atom. The molecule has 0 aromatic carbocycles. The van der Waals surface area contributed by atoms with Crippen LogP contribution in [0.25, 0.3) is 22.7 Å². The molecule has 146 valence electrons. The minimum Gasteiger partial charge on any atom is -0.356 e. The van der Waals surface area contributed by atoms with Gasteiger partial charge < -0.3 is 9.84 Å². The molecule has 0 unspecified atom stereocenters. The first-order chi connectivity index (χ1) is 14.2. The summed E-state index contributed by atoms with van der Waals surface area (Å²) in [5, 5.41) is 7.34. The molecule has 4 heterocycles. The SMILES string of the molecule is CCc1c(C)noc1-c1cnc(NCc2ccccn2)nc1-c1cnc(C)cn1. The lowest BCUT2D eigenvalue weighted by molar-refractivity contribution is 0.426. The molecule has 4 aromatic rings. The number of pyridine rings is 1. The average molecular weight is 387 g/mol. The lowest BCUT2D eigenvalue weighted by Gasteiger charge is -2.10. The highest BCUT2D eigenvalue weighted by atomic mass is 16.5. The van der Waals surface area contributed by atoms with Crippen LogP contribution in [-0.4, -0.2) is 30.1 Å². The van der Waals surface area contributed by atoms with Crippen molar-refractivity contribution in [3.63, 3.8) is 0 Å². The molecule has 0 aliphatic rings. The third-order valence-electron chi connectivity index (χ3n) is 4.55. The maximum atomic E-state index is 5.62. The average Bonchev–Trinajstić information content (AvgIpc) is 3.13. The zero-order valence-corrected chi connectivity index (χ0v) is 16.5. The highest BCUT2D eigenvalue weighted by Gasteiger charge is 2.20. The Labute approximate surface area is 168 Å². The number of nitrogens with zero attached hydrogens (tertiary/aromatic N) is 6. The summed E-state index contributed by atoms with van der Waals surface area (Å²) in [6.45, 7) is 6.41. The lowest BCUT2D eigenvalue weighted by atomic mass is 10.0. The third kappa shape index (κ3) is 3.96. The number of rotatable bonds is 6. The summed E-state index contributed by atoms with van der Waals surface area (Å²) in [5.74, 6) is 1.14. The maximum absolute atomic E-state index is 5.62. The standard InChI is InChI=1S/C21H21N7O/c1-4-16-14(3)28-29-20(16)17-11-26-21(25-10-15-7-5-6-8-22-15)27-19(17)18-12-23-13(2)9-24-18/h5-9,11-12H,4,10H2,1-3H3,(H,25,26,27). The topological polar surface area (TPSA) is 103 Å². The number of nitrogens with one attached hydrogen (secondary N) is 1. The van der Waals surface area contributed by atoms with Gasteiger partial charge in [-0.1, -0.05) is 18.1 Å². The van der Waals surface area contributed by atoms with Crippen LogP contribution in [0.5, 0.6) is 0 Å². The van der Waals surface area contributed by atoms with Crippen LogP contribution in [0.15, 0.2) is 47.5 Å². The molecule has 0 amide bonds. The number of aryl methyl sites for hydroxylation is 2. The van der Waals surface area contributed by atoms with E-state index < -0.39 is 0 Å². The molecule has 1 N–H and O–H groups in total. The molecule has 4 rings (SSSR count). The minimum atomic E-state index is 0.478. The minimum absolute atomic E-state index is 0.478. The molecular weight excluding hydrogens is 366 g/mol. The predicted octanol–water partition coefficient (Wildman–Crippen LogP) is 3.77. The van der Waals surface area contributed by atoms with Crippen molar-refractivity contribution < 1.29 is 4.52 Å². The molecule has 0 saturated carbocycles. The molecule has 0 aliphatic heterocycles. The first-order valence-electron chi connectivity index (χ1n) is 9.41. The van der Waals surface area contributed by atoms with Gasteiger partial charge in [-0.3, -0.25) is 15.0 Å². The quantitative estimate of drug-likeness (QED) is 0.533. The van der Waals surface area contributed by atoms with Crippen LogP contribution >= 0.6 is 0 Å².